The molecule has 21 heavy (non-hydrogen) atoms. The molecule has 1 amide bonds. The van der Waals surface area contributed by atoms with Gasteiger partial charge in [0.1, 0.15) is 0 Å². The number of piperazine rings is 1. The summed E-state index contributed by atoms with van der Waals surface area (Å²) >= 11 is 0. The number of carbonyl (C=O) groups excluding carboxylic acids is 1. The first kappa shape index (κ1) is 20.2. The minimum Gasteiger partial charge on any atom is -1.00 e. The highest BCUT2D eigenvalue weighted by Gasteiger charge is 2.14. The number of nitrogens with one attached hydrogen (secondary N) is 1. The summed E-state index contributed by atoms with van der Waals surface area (Å²) in [4.78, 5) is 16.5. The molecular formula is C15H23Cl2N3O-2. The van der Waals surface area contributed by atoms with E-state index in [0.29, 0.717) is 6.42 Å². The summed E-state index contributed by atoms with van der Waals surface area (Å²) in [6.45, 7) is 7.21. The SMILES string of the molecule is Cc1ccc(NC(=O)CCN2CCN(C)CC2)cc1.[Cl-].[Cl-]. The van der Waals surface area contributed by atoms with Gasteiger partial charge in [0.05, 0.1) is 0 Å². The Balaban J connectivity index is 0.00000200. The molecule has 1 fully saturated rings. The molecule has 0 aromatic heterocycles. The van der Waals surface area contributed by atoms with Gasteiger partial charge in [-0.05, 0) is 26.1 Å². The van der Waals surface area contributed by atoms with Crippen molar-refractivity contribution in [2.75, 3.05) is 45.1 Å². The Bertz CT molecular complexity index is 417. The lowest BCUT2D eigenvalue weighted by atomic mass is 10.2. The number of rotatable bonds is 4. The van der Waals surface area contributed by atoms with Gasteiger partial charge in [0, 0.05) is 44.8 Å². The molecule has 0 bridgehead atoms. The van der Waals surface area contributed by atoms with Crippen molar-refractivity contribution in [2.45, 2.75) is 13.3 Å². The van der Waals surface area contributed by atoms with Gasteiger partial charge in [0.2, 0.25) is 5.91 Å². The van der Waals surface area contributed by atoms with Crippen LogP contribution in [0.5, 0.6) is 0 Å². The van der Waals surface area contributed by atoms with E-state index in [1.54, 1.807) is 0 Å². The molecule has 0 radical (unpaired) electrons. The topological polar surface area (TPSA) is 35.6 Å². The molecule has 0 unspecified atom stereocenters. The summed E-state index contributed by atoms with van der Waals surface area (Å²) in [5.41, 5.74) is 2.09. The molecule has 6 heteroatoms. The Kier molecular flexibility index (Phi) is 9.62. The van der Waals surface area contributed by atoms with Crippen LogP contribution >= 0.6 is 0 Å². The number of carbonyl (C=O) groups is 1. The molecule has 1 aliphatic heterocycles. The molecule has 0 spiro atoms. The highest BCUT2D eigenvalue weighted by Crippen LogP contribution is 2.09. The van der Waals surface area contributed by atoms with Crippen molar-refractivity contribution in [1.82, 2.24) is 9.80 Å². The quantitative estimate of drug-likeness (QED) is 0.605. The molecule has 1 N–H and O–H groups in total. The minimum absolute atomic E-state index is 0. The molecule has 1 aromatic carbocycles. The average molecular weight is 332 g/mol. The molecule has 1 heterocycles. The van der Waals surface area contributed by atoms with Crippen molar-refractivity contribution in [1.29, 1.82) is 0 Å². The van der Waals surface area contributed by atoms with E-state index in [1.807, 2.05) is 31.2 Å². The van der Waals surface area contributed by atoms with Gasteiger partial charge in [0.25, 0.3) is 0 Å². The molecule has 1 saturated heterocycles. The van der Waals surface area contributed by atoms with Crippen LogP contribution in [-0.2, 0) is 4.79 Å². The lowest BCUT2D eigenvalue weighted by Crippen LogP contribution is -3.00. The number of nitrogens with zero attached hydrogens (tertiary/aromatic N) is 2. The molecule has 1 aliphatic rings. The van der Waals surface area contributed by atoms with Crippen LogP contribution in [0, 0.1) is 6.92 Å². The fourth-order valence-electron chi connectivity index (χ4n) is 2.19. The highest BCUT2D eigenvalue weighted by atomic mass is 35.5. The molecule has 120 valence electrons. The van der Waals surface area contributed by atoms with Gasteiger partial charge in [-0.15, -0.1) is 0 Å². The summed E-state index contributed by atoms with van der Waals surface area (Å²) < 4.78 is 0. The molecule has 0 aliphatic carbocycles. The smallest absolute Gasteiger partial charge is 0.225 e. The molecule has 1 aromatic rings. The number of benzene rings is 1. The van der Waals surface area contributed by atoms with E-state index in [0.717, 1.165) is 38.4 Å². The number of amides is 1. The molecule has 4 nitrogen and oxygen atoms in total. The largest absolute Gasteiger partial charge is 1.00 e. The van der Waals surface area contributed by atoms with E-state index in [9.17, 15) is 4.79 Å². The van der Waals surface area contributed by atoms with Crippen LogP contribution in [0.25, 0.3) is 0 Å². The maximum Gasteiger partial charge on any atom is 0.225 e. The first-order chi connectivity index (χ1) is 9.13. The van der Waals surface area contributed by atoms with Gasteiger partial charge >= 0.3 is 0 Å². The number of aryl methyl sites for hydroxylation is 1. The van der Waals surface area contributed by atoms with Crippen LogP contribution < -0.4 is 30.1 Å². The lowest BCUT2D eigenvalue weighted by molar-refractivity contribution is -0.116. The zero-order valence-electron chi connectivity index (χ0n) is 12.6. The van der Waals surface area contributed by atoms with Crippen molar-refractivity contribution in [3.63, 3.8) is 0 Å². The van der Waals surface area contributed by atoms with Gasteiger partial charge in [0.15, 0.2) is 0 Å². The Labute approximate surface area is 139 Å². The maximum absolute atomic E-state index is 11.9. The van der Waals surface area contributed by atoms with Crippen molar-refractivity contribution >= 4 is 11.6 Å². The van der Waals surface area contributed by atoms with E-state index in [-0.39, 0.29) is 30.7 Å². The van der Waals surface area contributed by atoms with Crippen LogP contribution in [-0.4, -0.2) is 55.5 Å². The van der Waals surface area contributed by atoms with Gasteiger partial charge < -0.3 is 39.9 Å². The van der Waals surface area contributed by atoms with Gasteiger partial charge in [-0.3, -0.25) is 4.79 Å². The third-order valence-corrected chi connectivity index (χ3v) is 3.59. The molecular weight excluding hydrogens is 309 g/mol. The molecule has 0 saturated carbocycles. The van der Waals surface area contributed by atoms with Gasteiger partial charge in [-0.2, -0.15) is 0 Å². The molecule has 2 rings (SSSR count). The number of hydrogen-bond donors (Lipinski definition) is 1. The monoisotopic (exact) mass is 331 g/mol. The maximum atomic E-state index is 11.9. The Morgan fingerprint density at radius 2 is 1.67 bits per heavy atom. The number of hydrogen-bond acceptors (Lipinski definition) is 3. The summed E-state index contributed by atoms with van der Waals surface area (Å²) in [5.74, 6) is 0.0998. The summed E-state index contributed by atoms with van der Waals surface area (Å²) in [5, 5.41) is 2.94. The van der Waals surface area contributed by atoms with Gasteiger partial charge in [-0.25, -0.2) is 0 Å². The van der Waals surface area contributed by atoms with Crippen molar-refractivity contribution in [2.24, 2.45) is 0 Å². The lowest BCUT2D eigenvalue weighted by Gasteiger charge is -2.32. The average Bonchev–Trinajstić information content (AvgIpc) is 2.41. The normalized spacial score (nSPS) is 15.7. The summed E-state index contributed by atoms with van der Waals surface area (Å²) in [7, 11) is 2.14. The van der Waals surface area contributed by atoms with E-state index >= 15 is 0 Å². The fraction of sp³-hybridized carbons (Fsp3) is 0.533. The van der Waals surface area contributed by atoms with Crippen LogP contribution in [0.3, 0.4) is 0 Å². The van der Waals surface area contributed by atoms with Crippen molar-refractivity contribution in [3.05, 3.63) is 29.8 Å². The highest BCUT2D eigenvalue weighted by molar-refractivity contribution is 5.90. The van der Waals surface area contributed by atoms with Gasteiger partial charge in [-0.1, -0.05) is 17.7 Å². The van der Waals surface area contributed by atoms with E-state index in [1.165, 1.54) is 5.56 Å². The van der Waals surface area contributed by atoms with Crippen LogP contribution in [0.15, 0.2) is 24.3 Å². The van der Waals surface area contributed by atoms with Crippen LogP contribution in [0.1, 0.15) is 12.0 Å². The Hall–Kier alpha value is -0.810. The first-order valence-electron chi connectivity index (χ1n) is 6.91. The number of halogens is 2. The summed E-state index contributed by atoms with van der Waals surface area (Å²) in [6.07, 6.45) is 0.567. The third kappa shape index (κ3) is 7.14. The second-order valence-corrected chi connectivity index (χ2v) is 5.31. The predicted octanol–water partition coefficient (Wildman–Crippen LogP) is -4.42. The minimum atomic E-state index is 0. The standard InChI is InChI=1S/C15H23N3O.2ClH/c1-13-3-5-14(6-4-13)16-15(19)7-8-18-11-9-17(2)10-12-18;;/h3-6H,7-12H2,1-2H3,(H,16,19);2*1H/p-2. The second-order valence-electron chi connectivity index (χ2n) is 5.31. The second kappa shape index (κ2) is 10.0. The van der Waals surface area contributed by atoms with E-state index in [2.05, 4.69) is 22.2 Å². The van der Waals surface area contributed by atoms with Crippen molar-refractivity contribution in [3.8, 4) is 0 Å². The zero-order chi connectivity index (χ0) is 13.7. The molecule has 0 atom stereocenters. The Morgan fingerprint density at radius 1 is 1.10 bits per heavy atom. The van der Waals surface area contributed by atoms with E-state index in [4.69, 9.17) is 0 Å². The zero-order valence-corrected chi connectivity index (χ0v) is 14.1. The number of anilines is 1. The van der Waals surface area contributed by atoms with Crippen molar-refractivity contribution < 1.29 is 29.6 Å². The van der Waals surface area contributed by atoms with Crippen LogP contribution in [0.4, 0.5) is 5.69 Å². The fourth-order valence-corrected chi connectivity index (χ4v) is 2.19. The third-order valence-electron chi connectivity index (χ3n) is 3.59. The Morgan fingerprint density at radius 3 is 2.24 bits per heavy atom. The predicted molar refractivity (Wildman–Crippen MR) is 78.4 cm³/mol. The first-order valence-corrected chi connectivity index (χ1v) is 6.91. The van der Waals surface area contributed by atoms with Crippen LogP contribution in [0.2, 0.25) is 0 Å². The number of likely N-dealkylation sites (N-methyl/N-ethyl adjacent to an activating group) is 1. The van der Waals surface area contributed by atoms with E-state index < -0.39 is 0 Å². The summed E-state index contributed by atoms with van der Waals surface area (Å²) in [6, 6.07) is 7.92.